The first kappa shape index (κ1) is 15.9. The summed E-state index contributed by atoms with van der Waals surface area (Å²) < 4.78 is 5.26. The number of hydrogen-bond acceptors (Lipinski definition) is 3. The predicted molar refractivity (Wildman–Crippen MR) is 97.8 cm³/mol. The van der Waals surface area contributed by atoms with Crippen molar-refractivity contribution in [3.8, 4) is 5.75 Å². The summed E-state index contributed by atoms with van der Waals surface area (Å²) in [6, 6.07) is 14.5. The minimum atomic E-state index is -0.0351. The van der Waals surface area contributed by atoms with Crippen LogP contribution < -0.4 is 4.74 Å². The summed E-state index contributed by atoms with van der Waals surface area (Å²) in [6.45, 7) is 3.69. The van der Waals surface area contributed by atoms with Crippen LogP contribution >= 0.6 is 0 Å². The van der Waals surface area contributed by atoms with Gasteiger partial charge in [-0.3, -0.25) is 4.79 Å². The van der Waals surface area contributed by atoms with Gasteiger partial charge in [0, 0.05) is 18.4 Å². The van der Waals surface area contributed by atoms with Gasteiger partial charge in [-0.15, -0.1) is 0 Å². The predicted octanol–water partition coefficient (Wildman–Crippen LogP) is 3.87. The normalized spacial score (nSPS) is 21.4. The lowest BCUT2D eigenvalue weighted by Gasteiger charge is -2.29. The average Bonchev–Trinajstić information content (AvgIpc) is 3.02. The molecule has 1 heterocycles. The fourth-order valence-electron chi connectivity index (χ4n) is 4.02. The summed E-state index contributed by atoms with van der Waals surface area (Å²) >= 11 is 0. The molecule has 0 saturated carbocycles. The van der Waals surface area contributed by atoms with Gasteiger partial charge in [-0.1, -0.05) is 29.8 Å². The van der Waals surface area contributed by atoms with E-state index in [4.69, 9.17) is 9.84 Å². The fourth-order valence-corrected chi connectivity index (χ4v) is 4.02. The highest BCUT2D eigenvalue weighted by Gasteiger charge is 2.42. The molecule has 0 bridgehead atoms. The second-order valence-electron chi connectivity index (χ2n) is 6.87. The van der Waals surface area contributed by atoms with E-state index in [2.05, 4.69) is 25.1 Å². The van der Waals surface area contributed by atoms with E-state index in [1.807, 2.05) is 24.3 Å². The van der Waals surface area contributed by atoms with E-state index in [-0.39, 0.29) is 17.9 Å². The molecule has 2 aromatic carbocycles. The Bertz CT molecular complexity index is 855. The Morgan fingerprint density at radius 3 is 2.64 bits per heavy atom. The molecule has 4 rings (SSSR count). The molecule has 0 radical (unpaired) electrons. The summed E-state index contributed by atoms with van der Waals surface area (Å²) in [4.78, 5) is 12.3. The molecule has 0 spiro atoms. The summed E-state index contributed by atoms with van der Waals surface area (Å²) in [5.41, 5.74) is 5.93. The Balaban J connectivity index is 1.78. The molecule has 2 atom stereocenters. The standard InChI is InChI=1S/C21H22N2O2/c1-13-4-5-15-8-11-18-20(19(15)12-13)22-23(14(2)24)21(18)16-6-9-17(25-3)10-7-16/h4-7,9-10,12,18,21H,8,11H2,1-3H3. The molecule has 1 amide bonds. The van der Waals surface area contributed by atoms with E-state index < -0.39 is 0 Å². The minimum Gasteiger partial charge on any atom is -0.497 e. The van der Waals surface area contributed by atoms with Crippen LogP contribution in [-0.2, 0) is 11.2 Å². The van der Waals surface area contributed by atoms with Crippen molar-refractivity contribution in [3.05, 3.63) is 64.7 Å². The van der Waals surface area contributed by atoms with Crippen molar-refractivity contribution in [2.24, 2.45) is 11.0 Å². The van der Waals surface area contributed by atoms with Gasteiger partial charge in [0.1, 0.15) is 5.75 Å². The van der Waals surface area contributed by atoms with Crippen LogP contribution in [0.25, 0.3) is 0 Å². The molecule has 2 aromatic rings. The molecule has 0 fully saturated rings. The van der Waals surface area contributed by atoms with Crippen LogP contribution in [0, 0.1) is 12.8 Å². The number of nitrogens with zero attached hydrogens (tertiary/aromatic N) is 2. The molecule has 4 nitrogen and oxygen atoms in total. The van der Waals surface area contributed by atoms with E-state index in [0.29, 0.717) is 0 Å². The fraction of sp³-hybridized carbons (Fsp3) is 0.333. The molecule has 25 heavy (non-hydrogen) atoms. The third kappa shape index (κ3) is 2.62. The SMILES string of the molecule is COc1ccc(C2C3CCc4ccc(C)cc4C3=NN2C(C)=O)cc1. The Hall–Kier alpha value is -2.62. The number of benzene rings is 2. The highest BCUT2D eigenvalue weighted by molar-refractivity contribution is 6.06. The highest BCUT2D eigenvalue weighted by Crippen LogP contribution is 2.43. The van der Waals surface area contributed by atoms with Crippen LogP contribution in [0.15, 0.2) is 47.6 Å². The number of carbonyl (C=O) groups excluding carboxylic acids is 1. The van der Waals surface area contributed by atoms with Crippen molar-refractivity contribution in [1.82, 2.24) is 5.01 Å². The lowest BCUT2D eigenvalue weighted by atomic mass is 9.77. The number of methoxy groups -OCH3 is 1. The lowest BCUT2D eigenvalue weighted by Crippen LogP contribution is -2.31. The average molecular weight is 334 g/mol. The first-order valence-electron chi connectivity index (χ1n) is 8.70. The van der Waals surface area contributed by atoms with Gasteiger partial charge in [0.2, 0.25) is 5.91 Å². The monoisotopic (exact) mass is 334 g/mol. The van der Waals surface area contributed by atoms with Gasteiger partial charge in [0.05, 0.1) is 18.9 Å². The number of amides is 1. The summed E-state index contributed by atoms with van der Waals surface area (Å²) in [5.74, 6) is 1.05. The summed E-state index contributed by atoms with van der Waals surface area (Å²) in [7, 11) is 1.66. The molecule has 128 valence electrons. The Kier molecular flexibility index (Phi) is 3.83. The summed E-state index contributed by atoms with van der Waals surface area (Å²) in [5, 5.41) is 6.43. The molecule has 2 unspecified atom stereocenters. The number of fused-ring (bicyclic) bond motifs is 3. The van der Waals surface area contributed by atoms with Crippen LogP contribution in [0.5, 0.6) is 5.75 Å². The van der Waals surface area contributed by atoms with Gasteiger partial charge in [-0.25, -0.2) is 5.01 Å². The Morgan fingerprint density at radius 2 is 1.96 bits per heavy atom. The first-order chi connectivity index (χ1) is 12.1. The number of ether oxygens (including phenoxy) is 1. The third-order valence-electron chi connectivity index (χ3n) is 5.26. The van der Waals surface area contributed by atoms with E-state index in [0.717, 1.165) is 29.9 Å². The second-order valence-corrected chi connectivity index (χ2v) is 6.87. The molecule has 1 aliphatic carbocycles. The molecule has 1 aliphatic heterocycles. The molecular weight excluding hydrogens is 312 g/mol. The molecule has 0 aromatic heterocycles. The smallest absolute Gasteiger partial charge is 0.240 e. The number of aryl methyl sites for hydroxylation is 2. The molecule has 0 saturated heterocycles. The van der Waals surface area contributed by atoms with Crippen molar-refractivity contribution >= 4 is 11.6 Å². The van der Waals surface area contributed by atoms with Gasteiger partial charge in [-0.05, 0) is 49.1 Å². The van der Waals surface area contributed by atoms with E-state index in [1.165, 1.54) is 16.7 Å². The molecule has 4 heteroatoms. The van der Waals surface area contributed by atoms with Gasteiger partial charge < -0.3 is 4.74 Å². The number of carbonyl (C=O) groups is 1. The largest absolute Gasteiger partial charge is 0.497 e. The number of rotatable bonds is 2. The zero-order valence-electron chi connectivity index (χ0n) is 14.8. The first-order valence-corrected chi connectivity index (χ1v) is 8.70. The quantitative estimate of drug-likeness (QED) is 0.836. The van der Waals surface area contributed by atoms with E-state index in [1.54, 1.807) is 19.0 Å². The second kappa shape index (κ2) is 6.03. The van der Waals surface area contributed by atoms with Gasteiger partial charge in [0.25, 0.3) is 0 Å². The molecule has 0 N–H and O–H groups in total. The van der Waals surface area contributed by atoms with Gasteiger partial charge in [0.15, 0.2) is 0 Å². The Labute approximate surface area is 148 Å². The topological polar surface area (TPSA) is 41.9 Å². The molecular formula is C21H22N2O2. The maximum absolute atomic E-state index is 12.3. The van der Waals surface area contributed by atoms with Crippen LogP contribution in [0.4, 0.5) is 0 Å². The maximum Gasteiger partial charge on any atom is 0.240 e. The van der Waals surface area contributed by atoms with Gasteiger partial charge >= 0.3 is 0 Å². The highest BCUT2D eigenvalue weighted by atomic mass is 16.5. The third-order valence-corrected chi connectivity index (χ3v) is 5.26. The minimum absolute atomic E-state index is 0.0167. The zero-order chi connectivity index (χ0) is 17.6. The van der Waals surface area contributed by atoms with E-state index in [9.17, 15) is 4.79 Å². The van der Waals surface area contributed by atoms with Crippen LogP contribution in [-0.4, -0.2) is 23.7 Å². The van der Waals surface area contributed by atoms with Crippen molar-refractivity contribution in [3.63, 3.8) is 0 Å². The maximum atomic E-state index is 12.3. The summed E-state index contributed by atoms with van der Waals surface area (Å²) in [6.07, 6.45) is 2.03. The number of hydrazone groups is 1. The molecule has 2 aliphatic rings. The van der Waals surface area contributed by atoms with Crippen molar-refractivity contribution in [1.29, 1.82) is 0 Å². The zero-order valence-corrected chi connectivity index (χ0v) is 14.8. The van der Waals surface area contributed by atoms with E-state index >= 15 is 0 Å². The van der Waals surface area contributed by atoms with Crippen molar-refractivity contribution in [2.45, 2.75) is 32.7 Å². The van der Waals surface area contributed by atoms with Crippen molar-refractivity contribution in [2.75, 3.05) is 7.11 Å². The van der Waals surface area contributed by atoms with Crippen LogP contribution in [0.1, 0.15) is 41.6 Å². The van der Waals surface area contributed by atoms with Crippen LogP contribution in [0.3, 0.4) is 0 Å². The Morgan fingerprint density at radius 1 is 1.20 bits per heavy atom. The van der Waals surface area contributed by atoms with Crippen molar-refractivity contribution < 1.29 is 9.53 Å². The van der Waals surface area contributed by atoms with Gasteiger partial charge in [-0.2, -0.15) is 5.10 Å². The lowest BCUT2D eigenvalue weighted by molar-refractivity contribution is -0.131. The number of hydrogen-bond donors (Lipinski definition) is 0. The van der Waals surface area contributed by atoms with Crippen LogP contribution in [0.2, 0.25) is 0 Å².